The Morgan fingerprint density at radius 3 is 1.38 bits per heavy atom. The molecule has 1 fully saturated rings. The van der Waals surface area contributed by atoms with Crippen LogP contribution >= 0.6 is 0 Å². The lowest BCUT2D eigenvalue weighted by atomic mass is 9.90. The van der Waals surface area contributed by atoms with E-state index in [1.807, 2.05) is 36.4 Å². The van der Waals surface area contributed by atoms with Crippen molar-refractivity contribution >= 4 is 23.8 Å². The van der Waals surface area contributed by atoms with E-state index in [1.54, 1.807) is 0 Å². The predicted octanol–water partition coefficient (Wildman–Crippen LogP) is 5.22. The lowest BCUT2D eigenvalue weighted by Crippen LogP contribution is -2.53. The van der Waals surface area contributed by atoms with Gasteiger partial charge in [0.2, 0.25) is 11.8 Å². The number of carbonyl (C=O) groups excluding carboxylic acids is 4. The molecule has 2 unspecified atom stereocenters. The molecule has 2 atom stereocenters. The van der Waals surface area contributed by atoms with Gasteiger partial charge in [-0.2, -0.15) is 0 Å². The SMILES string of the molecule is O=C(CCCC(=O)OCCCc1ccccc1)NC1CCCCC1NC(=O)CCCC(=O)OCCCc1ccccc1. The predicted molar refractivity (Wildman–Crippen MR) is 161 cm³/mol. The van der Waals surface area contributed by atoms with Gasteiger partial charge in [0.1, 0.15) is 0 Å². The number of hydrogen-bond acceptors (Lipinski definition) is 6. The highest BCUT2D eigenvalue weighted by Gasteiger charge is 2.27. The van der Waals surface area contributed by atoms with Crippen LogP contribution in [0.4, 0.5) is 0 Å². The maximum atomic E-state index is 12.5. The molecule has 0 spiro atoms. The zero-order chi connectivity index (χ0) is 29.8. The van der Waals surface area contributed by atoms with E-state index in [1.165, 1.54) is 11.1 Å². The van der Waals surface area contributed by atoms with Crippen molar-refractivity contribution in [1.29, 1.82) is 0 Å². The third-order valence-electron chi connectivity index (χ3n) is 7.46. The van der Waals surface area contributed by atoms with Crippen molar-refractivity contribution in [2.75, 3.05) is 13.2 Å². The Hall–Kier alpha value is -3.68. The summed E-state index contributed by atoms with van der Waals surface area (Å²) in [6, 6.07) is 19.9. The molecule has 2 amide bonds. The number of rotatable bonds is 18. The average molecular weight is 579 g/mol. The van der Waals surface area contributed by atoms with Gasteiger partial charge in [0.05, 0.1) is 13.2 Å². The van der Waals surface area contributed by atoms with Crippen LogP contribution in [-0.2, 0) is 41.5 Å². The molecular weight excluding hydrogens is 532 g/mol. The molecule has 3 rings (SSSR count). The molecule has 2 N–H and O–H groups in total. The smallest absolute Gasteiger partial charge is 0.305 e. The second kappa shape index (κ2) is 19.4. The monoisotopic (exact) mass is 578 g/mol. The zero-order valence-corrected chi connectivity index (χ0v) is 24.7. The highest BCUT2D eigenvalue weighted by atomic mass is 16.5. The fourth-order valence-electron chi connectivity index (χ4n) is 5.18. The average Bonchev–Trinajstić information content (AvgIpc) is 2.99. The summed E-state index contributed by atoms with van der Waals surface area (Å²) in [6.45, 7) is 0.749. The number of aryl methyl sites for hydroxylation is 2. The first-order valence-corrected chi connectivity index (χ1v) is 15.5. The largest absolute Gasteiger partial charge is 0.466 e. The van der Waals surface area contributed by atoms with Crippen molar-refractivity contribution in [3.63, 3.8) is 0 Å². The van der Waals surface area contributed by atoms with Gasteiger partial charge in [0, 0.05) is 37.8 Å². The number of carbonyl (C=O) groups is 4. The summed E-state index contributed by atoms with van der Waals surface area (Å²) in [5, 5.41) is 6.11. The fourth-order valence-corrected chi connectivity index (χ4v) is 5.18. The molecule has 0 aromatic heterocycles. The molecule has 2 aromatic carbocycles. The van der Waals surface area contributed by atoms with Crippen molar-refractivity contribution in [2.24, 2.45) is 0 Å². The summed E-state index contributed by atoms with van der Waals surface area (Å²) in [5.41, 5.74) is 2.43. The van der Waals surface area contributed by atoms with Crippen LogP contribution in [-0.4, -0.2) is 49.1 Å². The van der Waals surface area contributed by atoms with Gasteiger partial charge in [-0.25, -0.2) is 0 Å². The Balaban J connectivity index is 1.23. The second-order valence-corrected chi connectivity index (χ2v) is 11.0. The molecule has 0 aliphatic heterocycles. The summed E-state index contributed by atoms with van der Waals surface area (Å²) in [6.07, 6.45) is 8.58. The molecule has 0 bridgehead atoms. The lowest BCUT2D eigenvalue weighted by molar-refractivity contribution is -0.145. The van der Waals surface area contributed by atoms with Crippen molar-refractivity contribution in [2.45, 2.75) is 102 Å². The minimum atomic E-state index is -0.283. The van der Waals surface area contributed by atoms with E-state index in [0.29, 0.717) is 26.1 Å². The Morgan fingerprint density at radius 1 is 0.571 bits per heavy atom. The van der Waals surface area contributed by atoms with Crippen molar-refractivity contribution < 1.29 is 28.7 Å². The van der Waals surface area contributed by atoms with Gasteiger partial charge < -0.3 is 20.1 Å². The van der Waals surface area contributed by atoms with Crippen LogP contribution in [0.1, 0.15) is 88.2 Å². The van der Waals surface area contributed by atoms with Gasteiger partial charge in [-0.05, 0) is 62.5 Å². The minimum Gasteiger partial charge on any atom is -0.466 e. The van der Waals surface area contributed by atoms with Crippen LogP contribution in [0.15, 0.2) is 60.7 Å². The summed E-state index contributed by atoms with van der Waals surface area (Å²) < 4.78 is 10.6. The van der Waals surface area contributed by atoms with Crippen LogP contribution in [0.25, 0.3) is 0 Å². The minimum absolute atomic E-state index is 0.118. The maximum absolute atomic E-state index is 12.5. The van der Waals surface area contributed by atoms with Gasteiger partial charge in [-0.1, -0.05) is 73.5 Å². The quantitative estimate of drug-likeness (QED) is 0.185. The third-order valence-corrected chi connectivity index (χ3v) is 7.46. The first-order valence-electron chi connectivity index (χ1n) is 15.5. The molecule has 0 radical (unpaired) electrons. The molecule has 8 heteroatoms. The first kappa shape index (κ1) is 32.8. The summed E-state index contributed by atoms with van der Waals surface area (Å²) in [4.78, 5) is 49.1. The van der Waals surface area contributed by atoms with E-state index in [4.69, 9.17) is 9.47 Å². The Bertz CT molecular complexity index is 1000. The van der Waals surface area contributed by atoms with Crippen molar-refractivity contribution in [3.05, 3.63) is 71.8 Å². The van der Waals surface area contributed by atoms with Crippen LogP contribution in [0.3, 0.4) is 0 Å². The molecule has 1 aliphatic rings. The van der Waals surface area contributed by atoms with E-state index >= 15 is 0 Å². The van der Waals surface area contributed by atoms with E-state index in [9.17, 15) is 19.2 Å². The first-order chi connectivity index (χ1) is 20.5. The number of esters is 2. The molecule has 0 saturated heterocycles. The fraction of sp³-hybridized carbons (Fsp3) is 0.529. The number of nitrogens with one attached hydrogen (secondary N) is 2. The van der Waals surface area contributed by atoms with E-state index in [0.717, 1.165) is 51.4 Å². The van der Waals surface area contributed by atoms with Gasteiger partial charge in [0.15, 0.2) is 0 Å². The standard InChI is InChI=1S/C34H46N2O6/c37-31(21-9-23-33(39)41-25-11-17-27-13-3-1-4-14-27)35-29-19-7-8-20-30(29)36-32(38)22-10-24-34(40)42-26-12-18-28-15-5-2-6-16-28/h1-6,13-16,29-30H,7-12,17-26H2,(H,35,37)(H,36,38). The van der Waals surface area contributed by atoms with E-state index in [2.05, 4.69) is 34.9 Å². The maximum Gasteiger partial charge on any atom is 0.305 e. The summed E-state index contributed by atoms with van der Waals surface area (Å²) >= 11 is 0. The van der Waals surface area contributed by atoms with Crippen LogP contribution in [0, 0.1) is 0 Å². The Labute approximate surface area is 249 Å². The van der Waals surface area contributed by atoms with Crippen LogP contribution in [0.2, 0.25) is 0 Å². The Kier molecular flexibility index (Phi) is 15.2. The third kappa shape index (κ3) is 13.8. The van der Waals surface area contributed by atoms with Crippen molar-refractivity contribution in [3.8, 4) is 0 Å². The van der Waals surface area contributed by atoms with Crippen LogP contribution in [0.5, 0.6) is 0 Å². The number of hydrogen-bond donors (Lipinski definition) is 2. The number of amides is 2. The van der Waals surface area contributed by atoms with Gasteiger partial charge in [-0.3, -0.25) is 19.2 Å². The Morgan fingerprint density at radius 2 is 0.976 bits per heavy atom. The van der Waals surface area contributed by atoms with Gasteiger partial charge in [0.25, 0.3) is 0 Å². The van der Waals surface area contributed by atoms with Gasteiger partial charge in [-0.15, -0.1) is 0 Å². The molecule has 1 saturated carbocycles. The van der Waals surface area contributed by atoms with Gasteiger partial charge >= 0.3 is 11.9 Å². The summed E-state index contributed by atoms with van der Waals surface area (Å²) in [5.74, 6) is -0.800. The normalized spacial score (nSPS) is 16.3. The topological polar surface area (TPSA) is 111 Å². The molecule has 1 aliphatic carbocycles. The lowest BCUT2D eigenvalue weighted by Gasteiger charge is -2.33. The molecule has 8 nitrogen and oxygen atoms in total. The summed E-state index contributed by atoms with van der Waals surface area (Å²) in [7, 11) is 0. The second-order valence-electron chi connectivity index (χ2n) is 11.0. The van der Waals surface area contributed by atoms with Crippen molar-refractivity contribution in [1.82, 2.24) is 10.6 Å². The van der Waals surface area contributed by atoms with E-state index < -0.39 is 0 Å². The molecule has 2 aromatic rings. The number of benzene rings is 2. The molecule has 42 heavy (non-hydrogen) atoms. The highest BCUT2D eigenvalue weighted by molar-refractivity contribution is 5.79. The highest BCUT2D eigenvalue weighted by Crippen LogP contribution is 2.19. The molecule has 0 heterocycles. The van der Waals surface area contributed by atoms with E-state index in [-0.39, 0.29) is 61.5 Å². The zero-order valence-electron chi connectivity index (χ0n) is 24.7. The van der Waals surface area contributed by atoms with Crippen LogP contribution < -0.4 is 10.6 Å². The number of ether oxygens (including phenoxy) is 2. The molecule has 228 valence electrons. The molecular formula is C34H46N2O6.